The SMILES string of the molecule is O=C(COc1ccc(S(=O)(=O)Nc2ccccc2)cc1Cl)NCc1ccccc1. The normalized spacial score (nSPS) is 10.9. The molecule has 0 aromatic heterocycles. The molecule has 3 aromatic carbocycles. The second-order valence-corrected chi connectivity index (χ2v) is 8.20. The first-order valence-electron chi connectivity index (χ1n) is 8.75. The number of hydrogen-bond acceptors (Lipinski definition) is 4. The quantitative estimate of drug-likeness (QED) is 0.568. The molecule has 0 aliphatic rings. The first-order chi connectivity index (χ1) is 13.9. The second-order valence-electron chi connectivity index (χ2n) is 6.11. The highest BCUT2D eigenvalue weighted by atomic mass is 35.5. The number of nitrogens with one attached hydrogen (secondary N) is 2. The van der Waals surface area contributed by atoms with Crippen LogP contribution in [0.2, 0.25) is 5.02 Å². The summed E-state index contributed by atoms with van der Waals surface area (Å²) >= 11 is 6.15. The van der Waals surface area contributed by atoms with Gasteiger partial charge in [-0.1, -0.05) is 60.1 Å². The van der Waals surface area contributed by atoms with Crippen LogP contribution in [0.15, 0.2) is 83.8 Å². The van der Waals surface area contributed by atoms with Crippen molar-refractivity contribution in [3.63, 3.8) is 0 Å². The van der Waals surface area contributed by atoms with E-state index in [-0.39, 0.29) is 28.2 Å². The van der Waals surface area contributed by atoms with E-state index in [4.69, 9.17) is 16.3 Å². The molecule has 0 spiro atoms. The van der Waals surface area contributed by atoms with E-state index < -0.39 is 10.0 Å². The molecule has 0 radical (unpaired) electrons. The van der Waals surface area contributed by atoms with E-state index in [1.807, 2.05) is 30.3 Å². The van der Waals surface area contributed by atoms with Crippen LogP contribution in [0.5, 0.6) is 5.75 Å². The monoisotopic (exact) mass is 430 g/mol. The van der Waals surface area contributed by atoms with Crippen molar-refractivity contribution in [2.24, 2.45) is 0 Å². The molecular formula is C21H19ClN2O4S. The number of carbonyl (C=O) groups is 1. The van der Waals surface area contributed by atoms with E-state index in [1.54, 1.807) is 30.3 Å². The van der Waals surface area contributed by atoms with E-state index in [0.717, 1.165) is 5.56 Å². The molecule has 0 saturated heterocycles. The van der Waals surface area contributed by atoms with Crippen molar-refractivity contribution in [1.82, 2.24) is 5.32 Å². The molecule has 0 aliphatic heterocycles. The molecule has 3 rings (SSSR count). The lowest BCUT2D eigenvalue weighted by atomic mass is 10.2. The summed E-state index contributed by atoms with van der Waals surface area (Å²) in [5, 5.41) is 2.83. The summed E-state index contributed by atoms with van der Waals surface area (Å²) in [7, 11) is -3.79. The Kier molecular flexibility index (Phi) is 6.74. The van der Waals surface area contributed by atoms with Gasteiger partial charge in [0.25, 0.3) is 15.9 Å². The maximum Gasteiger partial charge on any atom is 0.261 e. The molecule has 1 amide bonds. The van der Waals surface area contributed by atoms with E-state index in [2.05, 4.69) is 10.0 Å². The minimum absolute atomic E-state index is 0.00719. The third kappa shape index (κ3) is 5.97. The molecule has 0 atom stereocenters. The highest BCUT2D eigenvalue weighted by Crippen LogP contribution is 2.28. The number of halogens is 1. The third-order valence-electron chi connectivity index (χ3n) is 3.93. The van der Waals surface area contributed by atoms with Crippen molar-refractivity contribution in [3.05, 3.63) is 89.4 Å². The van der Waals surface area contributed by atoms with Crippen LogP contribution in [0.4, 0.5) is 5.69 Å². The lowest BCUT2D eigenvalue weighted by Gasteiger charge is -2.11. The van der Waals surface area contributed by atoms with E-state index in [1.165, 1.54) is 18.2 Å². The Hall–Kier alpha value is -3.03. The van der Waals surface area contributed by atoms with Gasteiger partial charge in [0.1, 0.15) is 5.75 Å². The molecule has 150 valence electrons. The lowest BCUT2D eigenvalue weighted by molar-refractivity contribution is -0.123. The van der Waals surface area contributed by atoms with Gasteiger partial charge in [-0.05, 0) is 35.9 Å². The number of para-hydroxylation sites is 1. The molecule has 6 nitrogen and oxygen atoms in total. The van der Waals surface area contributed by atoms with Gasteiger partial charge in [-0.3, -0.25) is 9.52 Å². The summed E-state index contributed by atoms with van der Waals surface area (Å²) in [5.74, 6) is -0.0902. The standard InChI is InChI=1S/C21H19ClN2O4S/c22-19-13-18(29(26,27)24-17-9-5-2-6-10-17)11-12-20(19)28-15-21(25)23-14-16-7-3-1-4-8-16/h1-13,24H,14-15H2,(H,23,25). The van der Waals surface area contributed by atoms with Gasteiger partial charge in [0, 0.05) is 12.2 Å². The van der Waals surface area contributed by atoms with Crippen LogP contribution < -0.4 is 14.8 Å². The number of ether oxygens (including phenoxy) is 1. The minimum atomic E-state index is -3.79. The minimum Gasteiger partial charge on any atom is -0.482 e. The van der Waals surface area contributed by atoms with Gasteiger partial charge in [0.05, 0.1) is 9.92 Å². The van der Waals surface area contributed by atoms with Crippen molar-refractivity contribution >= 4 is 33.2 Å². The topological polar surface area (TPSA) is 84.5 Å². The zero-order valence-corrected chi connectivity index (χ0v) is 16.9. The van der Waals surface area contributed by atoms with E-state index in [0.29, 0.717) is 12.2 Å². The van der Waals surface area contributed by atoms with Crippen molar-refractivity contribution < 1.29 is 17.9 Å². The predicted molar refractivity (Wildman–Crippen MR) is 112 cm³/mol. The Balaban J connectivity index is 1.58. The first kappa shape index (κ1) is 20.7. The Morgan fingerprint density at radius 2 is 1.59 bits per heavy atom. The van der Waals surface area contributed by atoms with Crippen molar-refractivity contribution in [2.75, 3.05) is 11.3 Å². The van der Waals surface area contributed by atoms with Gasteiger partial charge in [-0.15, -0.1) is 0 Å². The largest absolute Gasteiger partial charge is 0.482 e. The van der Waals surface area contributed by atoms with Gasteiger partial charge in [-0.2, -0.15) is 0 Å². The number of benzene rings is 3. The maximum absolute atomic E-state index is 12.5. The van der Waals surface area contributed by atoms with E-state index >= 15 is 0 Å². The van der Waals surface area contributed by atoms with Crippen LogP contribution in [0.1, 0.15) is 5.56 Å². The average Bonchev–Trinajstić information content (AvgIpc) is 2.72. The average molecular weight is 431 g/mol. The fraction of sp³-hybridized carbons (Fsp3) is 0.0952. The summed E-state index contributed by atoms with van der Waals surface area (Å²) in [6.07, 6.45) is 0. The van der Waals surface area contributed by atoms with Crippen LogP contribution in [-0.4, -0.2) is 20.9 Å². The molecule has 0 fully saturated rings. The number of rotatable bonds is 8. The molecule has 8 heteroatoms. The molecule has 3 aromatic rings. The Labute approximate surface area is 174 Å². The summed E-state index contributed by atoms with van der Waals surface area (Å²) in [5.41, 5.74) is 1.42. The smallest absolute Gasteiger partial charge is 0.261 e. The zero-order valence-electron chi connectivity index (χ0n) is 15.3. The maximum atomic E-state index is 12.5. The first-order valence-corrected chi connectivity index (χ1v) is 10.6. The molecule has 0 heterocycles. The lowest BCUT2D eigenvalue weighted by Crippen LogP contribution is -2.28. The van der Waals surface area contributed by atoms with E-state index in [9.17, 15) is 13.2 Å². The van der Waals surface area contributed by atoms with Gasteiger partial charge in [-0.25, -0.2) is 8.42 Å². The molecule has 0 saturated carbocycles. The highest BCUT2D eigenvalue weighted by Gasteiger charge is 2.16. The molecule has 0 aliphatic carbocycles. The van der Waals surface area contributed by atoms with Crippen LogP contribution in [0, 0.1) is 0 Å². The van der Waals surface area contributed by atoms with Crippen LogP contribution >= 0.6 is 11.6 Å². The zero-order chi connectivity index (χ0) is 20.7. The number of anilines is 1. The van der Waals surface area contributed by atoms with Crippen LogP contribution in [-0.2, 0) is 21.4 Å². The van der Waals surface area contributed by atoms with Crippen LogP contribution in [0.3, 0.4) is 0 Å². The van der Waals surface area contributed by atoms with Gasteiger partial charge in [0.2, 0.25) is 0 Å². The third-order valence-corrected chi connectivity index (χ3v) is 5.61. The fourth-order valence-corrected chi connectivity index (χ4v) is 3.86. The van der Waals surface area contributed by atoms with Gasteiger partial charge >= 0.3 is 0 Å². The number of hydrogen-bond donors (Lipinski definition) is 2. The molecule has 29 heavy (non-hydrogen) atoms. The van der Waals surface area contributed by atoms with Gasteiger partial charge < -0.3 is 10.1 Å². The summed E-state index contributed by atoms with van der Waals surface area (Å²) in [6, 6.07) is 22.1. The summed E-state index contributed by atoms with van der Waals surface area (Å²) in [6.45, 7) is 0.153. The van der Waals surface area contributed by atoms with Crippen molar-refractivity contribution in [3.8, 4) is 5.75 Å². The number of carbonyl (C=O) groups excluding carboxylic acids is 1. The number of sulfonamides is 1. The van der Waals surface area contributed by atoms with Crippen molar-refractivity contribution in [2.45, 2.75) is 11.4 Å². The molecule has 0 bridgehead atoms. The highest BCUT2D eigenvalue weighted by molar-refractivity contribution is 7.92. The summed E-state index contributed by atoms with van der Waals surface area (Å²) in [4.78, 5) is 11.9. The van der Waals surface area contributed by atoms with Crippen LogP contribution in [0.25, 0.3) is 0 Å². The second kappa shape index (κ2) is 9.45. The Morgan fingerprint density at radius 3 is 2.24 bits per heavy atom. The molecule has 2 N–H and O–H groups in total. The Bertz CT molecular complexity index is 1070. The fourth-order valence-electron chi connectivity index (χ4n) is 2.48. The van der Waals surface area contributed by atoms with Gasteiger partial charge in [0.15, 0.2) is 6.61 Å². The predicted octanol–water partition coefficient (Wildman–Crippen LogP) is 3.84. The Morgan fingerprint density at radius 1 is 0.931 bits per heavy atom. The molecule has 0 unspecified atom stereocenters. The van der Waals surface area contributed by atoms with Crippen molar-refractivity contribution in [1.29, 1.82) is 0 Å². The molecular weight excluding hydrogens is 412 g/mol. The number of amides is 1. The summed E-state index contributed by atoms with van der Waals surface area (Å²) < 4.78 is 32.8.